The van der Waals surface area contributed by atoms with Gasteiger partial charge in [-0.25, -0.2) is 8.42 Å². The average Bonchev–Trinajstić information content (AvgIpc) is 2.85. The van der Waals surface area contributed by atoms with Crippen LogP contribution in [0.5, 0.6) is 17.2 Å². The largest absolute Gasteiger partial charge is 0.497 e. The van der Waals surface area contributed by atoms with Crippen LogP contribution < -0.4 is 9.47 Å². The van der Waals surface area contributed by atoms with Crippen molar-refractivity contribution in [1.82, 2.24) is 0 Å². The maximum Gasteiger partial charge on any atom is 0.206 e. The summed E-state index contributed by atoms with van der Waals surface area (Å²) in [5.41, 5.74) is 1.02. The van der Waals surface area contributed by atoms with Crippen molar-refractivity contribution >= 4 is 19.9 Å². The molecule has 0 atom stereocenters. The molecule has 34 heavy (non-hydrogen) atoms. The smallest absolute Gasteiger partial charge is 0.206 e. The summed E-state index contributed by atoms with van der Waals surface area (Å²) in [6, 6.07) is 29.7. The third-order valence-corrected chi connectivity index (χ3v) is 10.4. The highest BCUT2D eigenvalue weighted by Crippen LogP contribution is 2.56. The third kappa shape index (κ3) is 4.98. The Balaban J connectivity index is 1.48. The van der Waals surface area contributed by atoms with E-state index < -0.39 is 19.9 Å². The molecule has 4 rings (SSSR count). The summed E-state index contributed by atoms with van der Waals surface area (Å²) in [7, 11) is -3.07. The molecule has 0 radical (unpaired) electrons. The lowest BCUT2D eigenvalue weighted by Crippen LogP contribution is -2.01. The lowest BCUT2D eigenvalue weighted by atomic mass is 10.2. The monoisotopic (exact) mass is 492 g/mol. The maximum atomic E-state index is 12.9. The van der Waals surface area contributed by atoms with Crippen LogP contribution in [0.2, 0.25) is 0 Å². The second-order valence-electron chi connectivity index (χ2n) is 8.36. The number of hydrogen-bond acceptors (Lipinski definition) is 4. The first-order chi connectivity index (χ1) is 16.2. The summed E-state index contributed by atoms with van der Waals surface area (Å²) in [5.74, 6) is 2.13. The quantitative estimate of drug-likeness (QED) is 0.276. The van der Waals surface area contributed by atoms with Gasteiger partial charge in [-0.2, -0.15) is 10.0 Å². The average molecular weight is 493 g/mol. The van der Waals surface area contributed by atoms with Gasteiger partial charge in [0.05, 0.1) is 16.9 Å². The molecule has 0 spiro atoms. The van der Waals surface area contributed by atoms with Crippen LogP contribution in [0.15, 0.2) is 117 Å². The van der Waals surface area contributed by atoms with Gasteiger partial charge in [0.25, 0.3) is 0 Å². The van der Waals surface area contributed by atoms with Crippen LogP contribution in [0.1, 0.15) is 5.56 Å². The number of rotatable bonds is 7. The highest BCUT2D eigenvalue weighted by Gasteiger charge is 2.19. The Morgan fingerprint density at radius 3 is 1.29 bits per heavy atom. The second-order valence-corrected chi connectivity index (χ2v) is 13.9. The lowest BCUT2D eigenvalue weighted by Gasteiger charge is -2.32. The number of ether oxygens (including phenoxy) is 2. The molecule has 0 heterocycles. The fraction of sp³-hybridized carbons (Fsp3) is 0.143. The van der Waals surface area contributed by atoms with Crippen molar-refractivity contribution in [3.05, 3.63) is 103 Å². The van der Waals surface area contributed by atoms with Crippen molar-refractivity contribution in [1.29, 1.82) is 0 Å². The van der Waals surface area contributed by atoms with Gasteiger partial charge in [0.2, 0.25) is 9.84 Å². The third-order valence-electron chi connectivity index (χ3n) is 5.76. The van der Waals surface area contributed by atoms with Crippen LogP contribution in [0, 0.1) is 6.92 Å². The van der Waals surface area contributed by atoms with Crippen molar-refractivity contribution in [2.75, 3.05) is 19.6 Å². The lowest BCUT2D eigenvalue weighted by molar-refractivity contribution is 0.414. The SMILES string of the molecule is COc1ccc(S(C)(C)c2ccc(Oc3ccc(S(=O)(=O)c4ccc(C)cc4)cc3)cc2)cc1. The molecular weight excluding hydrogens is 464 g/mol. The van der Waals surface area contributed by atoms with E-state index in [0.717, 1.165) is 11.3 Å². The highest BCUT2D eigenvalue weighted by atomic mass is 32.3. The molecule has 0 amide bonds. The molecule has 0 aliphatic carbocycles. The van der Waals surface area contributed by atoms with E-state index in [0.29, 0.717) is 11.5 Å². The van der Waals surface area contributed by atoms with Gasteiger partial charge in [-0.15, -0.1) is 0 Å². The van der Waals surface area contributed by atoms with E-state index in [1.54, 1.807) is 55.6 Å². The zero-order chi connectivity index (χ0) is 24.3. The summed E-state index contributed by atoms with van der Waals surface area (Å²) in [4.78, 5) is 3.03. The van der Waals surface area contributed by atoms with Crippen LogP contribution in [0.3, 0.4) is 0 Å². The van der Waals surface area contributed by atoms with E-state index in [1.165, 1.54) is 9.79 Å². The fourth-order valence-corrected chi connectivity index (χ4v) is 6.74. The Labute approximate surface area is 203 Å². The molecule has 0 saturated carbocycles. The topological polar surface area (TPSA) is 52.6 Å². The summed E-state index contributed by atoms with van der Waals surface area (Å²) >= 11 is 0. The summed E-state index contributed by atoms with van der Waals surface area (Å²) < 4.78 is 36.9. The van der Waals surface area contributed by atoms with Gasteiger partial charge in [-0.1, -0.05) is 17.7 Å². The Morgan fingerprint density at radius 2 is 0.882 bits per heavy atom. The molecule has 0 aliphatic rings. The molecule has 0 unspecified atom stereocenters. The summed E-state index contributed by atoms with van der Waals surface area (Å²) in [5, 5.41) is 0. The standard InChI is InChI=1S/C28H28O4S2/c1-21-5-13-27(14-6-21)34(29,30)28-19-11-24(12-20-28)32-23-9-17-26(18-10-23)33(3,4)25-15-7-22(31-2)8-16-25/h5-20H,1-4H3. The number of benzene rings is 4. The Bertz CT molecular complexity index is 1360. The molecule has 6 heteroatoms. The molecule has 0 aromatic heterocycles. The number of hydrogen-bond donors (Lipinski definition) is 0. The van der Waals surface area contributed by atoms with Crippen molar-refractivity contribution in [3.8, 4) is 17.2 Å². The zero-order valence-corrected chi connectivity index (χ0v) is 21.3. The Morgan fingerprint density at radius 1 is 0.529 bits per heavy atom. The molecule has 4 aromatic rings. The van der Waals surface area contributed by atoms with E-state index in [4.69, 9.17) is 9.47 Å². The van der Waals surface area contributed by atoms with Crippen molar-refractivity contribution in [3.63, 3.8) is 0 Å². The minimum Gasteiger partial charge on any atom is -0.497 e. The molecule has 0 saturated heterocycles. The predicted octanol–water partition coefficient (Wildman–Crippen LogP) is 7.11. The van der Waals surface area contributed by atoms with Gasteiger partial charge in [0.1, 0.15) is 17.2 Å². The first-order valence-corrected chi connectivity index (χ1v) is 14.7. The first kappa shape index (κ1) is 23.9. The second kappa shape index (κ2) is 9.57. The molecule has 4 nitrogen and oxygen atoms in total. The van der Waals surface area contributed by atoms with Crippen LogP contribution in [0.25, 0.3) is 0 Å². The minimum atomic E-state index is -3.56. The fourth-order valence-electron chi connectivity index (χ4n) is 3.58. The van der Waals surface area contributed by atoms with Crippen LogP contribution in [-0.2, 0) is 9.84 Å². The van der Waals surface area contributed by atoms with E-state index in [9.17, 15) is 8.42 Å². The number of aryl methyl sites for hydroxylation is 1. The van der Waals surface area contributed by atoms with Gasteiger partial charge in [-0.3, -0.25) is 0 Å². The first-order valence-electron chi connectivity index (χ1n) is 10.8. The van der Waals surface area contributed by atoms with E-state index in [2.05, 4.69) is 36.8 Å². The van der Waals surface area contributed by atoms with Crippen LogP contribution >= 0.6 is 10.0 Å². The van der Waals surface area contributed by atoms with Crippen LogP contribution in [0.4, 0.5) is 0 Å². The predicted molar refractivity (Wildman–Crippen MR) is 139 cm³/mol. The Hall–Kier alpha value is -3.22. The molecular formula is C28H28O4S2. The van der Waals surface area contributed by atoms with Gasteiger partial charge in [-0.05, 0) is 114 Å². The highest BCUT2D eigenvalue weighted by molar-refractivity contribution is 8.32. The zero-order valence-electron chi connectivity index (χ0n) is 19.7. The van der Waals surface area contributed by atoms with Gasteiger partial charge in [0.15, 0.2) is 0 Å². The van der Waals surface area contributed by atoms with E-state index in [1.807, 2.05) is 31.2 Å². The van der Waals surface area contributed by atoms with Gasteiger partial charge >= 0.3 is 0 Å². The molecule has 176 valence electrons. The van der Waals surface area contributed by atoms with Crippen molar-refractivity contribution < 1.29 is 17.9 Å². The molecule has 0 aliphatic heterocycles. The summed E-state index contributed by atoms with van der Waals surface area (Å²) in [6.07, 6.45) is 4.52. The molecule has 0 fully saturated rings. The van der Waals surface area contributed by atoms with Gasteiger partial charge < -0.3 is 9.47 Å². The Kier molecular flexibility index (Phi) is 6.73. The summed E-state index contributed by atoms with van der Waals surface area (Å²) in [6.45, 7) is 1.93. The molecule has 4 aromatic carbocycles. The van der Waals surface area contributed by atoms with E-state index >= 15 is 0 Å². The van der Waals surface area contributed by atoms with Crippen molar-refractivity contribution in [2.24, 2.45) is 0 Å². The number of sulfone groups is 1. The maximum absolute atomic E-state index is 12.9. The van der Waals surface area contributed by atoms with Crippen LogP contribution in [-0.4, -0.2) is 28.0 Å². The van der Waals surface area contributed by atoms with Gasteiger partial charge in [0, 0.05) is 0 Å². The van der Waals surface area contributed by atoms with E-state index in [-0.39, 0.29) is 9.79 Å². The minimum absolute atomic E-state index is 0.240. The normalized spacial score (nSPS) is 12.2. The molecule has 0 bridgehead atoms. The van der Waals surface area contributed by atoms with Crippen molar-refractivity contribution in [2.45, 2.75) is 26.5 Å². The molecule has 0 N–H and O–H groups in total. The number of methoxy groups -OCH3 is 1.